The quantitative estimate of drug-likeness (QED) is 0.922. The second kappa shape index (κ2) is 7.58. The van der Waals surface area contributed by atoms with Crippen molar-refractivity contribution in [1.29, 1.82) is 0 Å². The van der Waals surface area contributed by atoms with Gasteiger partial charge in [0.15, 0.2) is 0 Å². The van der Waals surface area contributed by atoms with Gasteiger partial charge in [-0.3, -0.25) is 9.59 Å². The third-order valence-corrected chi connectivity index (χ3v) is 3.60. The predicted octanol–water partition coefficient (Wildman–Crippen LogP) is 3.15. The highest BCUT2D eigenvalue weighted by molar-refractivity contribution is 5.88. The van der Waals surface area contributed by atoms with Gasteiger partial charge in [0.2, 0.25) is 11.8 Å². The lowest BCUT2D eigenvalue weighted by Crippen LogP contribution is -2.27. The Balaban J connectivity index is 1.92. The molecule has 0 saturated carbocycles. The van der Waals surface area contributed by atoms with E-state index in [1.807, 2.05) is 62.5 Å². The standard InChI is InChI=1S/C19H22N2O2/c1-14-4-6-17(7-5-14)13-21(3)19(23)12-16-8-10-18(11-9-16)20-15(2)22/h4-11H,12-13H2,1-3H3,(H,20,22). The van der Waals surface area contributed by atoms with Crippen LogP contribution < -0.4 is 5.32 Å². The lowest BCUT2D eigenvalue weighted by atomic mass is 10.1. The van der Waals surface area contributed by atoms with Gasteiger partial charge in [-0.15, -0.1) is 0 Å². The maximum absolute atomic E-state index is 12.3. The number of amides is 2. The van der Waals surface area contributed by atoms with Crippen molar-refractivity contribution >= 4 is 17.5 Å². The molecule has 0 radical (unpaired) electrons. The van der Waals surface area contributed by atoms with E-state index < -0.39 is 0 Å². The van der Waals surface area contributed by atoms with Gasteiger partial charge >= 0.3 is 0 Å². The Kier molecular flexibility index (Phi) is 5.52. The summed E-state index contributed by atoms with van der Waals surface area (Å²) in [6.07, 6.45) is 0.350. The SMILES string of the molecule is CC(=O)Nc1ccc(CC(=O)N(C)Cc2ccc(C)cc2)cc1. The van der Waals surface area contributed by atoms with Crippen LogP contribution in [0.5, 0.6) is 0 Å². The molecule has 4 heteroatoms. The molecule has 0 saturated heterocycles. The Morgan fingerprint density at radius 3 is 2.09 bits per heavy atom. The fourth-order valence-electron chi connectivity index (χ4n) is 2.27. The van der Waals surface area contributed by atoms with Crippen LogP contribution in [0.25, 0.3) is 0 Å². The van der Waals surface area contributed by atoms with Crippen molar-refractivity contribution < 1.29 is 9.59 Å². The molecule has 4 nitrogen and oxygen atoms in total. The van der Waals surface area contributed by atoms with Gasteiger partial charge in [0, 0.05) is 26.2 Å². The van der Waals surface area contributed by atoms with E-state index in [1.54, 1.807) is 4.90 Å². The summed E-state index contributed by atoms with van der Waals surface area (Å²) in [6.45, 7) is 4.11. The Bertz CT molecular complexity index is 676. The lowest BCUT2D eigenvalue weighted by molar-refractivity contribution is -0.129. The van der Waals surface area contributed by atoms with Gasteiger partial charge in [0.1, 0.15) is 0 Å². The minimum atomic E-state index is -0.105. The largest absolute Gasteiger partial charge is 0.341 e. The molecule has 1 N–H and O–H groups in total. The third-order valence-electron chi connectivity index (χ3n) is 3.60. The molecule has 2 amide bonds. The van der Waals surface area contributed by atoms with Crippen LogP contribution in [0.1, 0.15) is 23.6 Å². The smallest absolute Gasteiger partial charge is 0.227 e. The number of carbonyl (C=O) groups excluding carboxylic acids is 2. The van der Waals surface area contributed by atoms with E-state index in [0.29, 0.717) is 13.0 Å². The van der Waals surface area contributed by atoms with Crippen molar-refractivity contribution in [2.75, 3.05) is 12.4 Å². The van der Waals surface area contributed by atoms with E-state index in [2.05, 4.69) is 5.32 Å². The number of nitrogens with zero attached hydrogens (tertiary/aromatic N) is 1. The number of carbonyl (C=O) groups is 2. The minimum Gasteiger partial charge on any atom is -0.341 e. The molecule has 2 aromatic rings. The van der Waals surface area contributed by atoms with Crippen LogP contribution in [0, 0.1) is 6.92 Å². The average Bonchev–Trinajstić information content (AvgIpc) is 2.51. The first-order chi connectivity index (χ1) is 10.9. The molecule has 0 aromatic heterocycles. The van der Waals surface area contributed by atoms with E-state index >= 15 is 0 Å². The van der Waals surface area contributed by atoms with Crippen LogP contribution in [0.2, 0.25) is 0 Å². The van der Waals surface area contributed by atoms with Gasteiger partial charge < -0.3 is 10.2 Å². The fraction of sp³-hybridized carbons (Fsp3) is 0.263. The van der Waals surface area contributed by atoms with E-state index in [-0.39, 0.29) is 11.8 Å². The summed E-state index contributed by atoms with van der Waals surface area (Å²) in [5.41, 5.74) is 4.00. The summed E-state index contributed by atoms with van der Waals surface area (Å²) in [5.74, 6) is -0.0375. The molecule has 0 bridgehead atoms. The number of aryl methyl sites for hydroxylation is 1. The summed E-state index contributed by atoms with van der Waals surface area (Å²) < 4.78 is 0. The molecule has 2 aromatic carbocycles. The highest BCUT2D eigenvalue weighted by atomic mass is 16.2. The van der Waals surface area contributed by atoms with Crippen LogP contribution >= 0.6 is 0 Å². The zero-order chi connectivity index (χ0) is 16.8. The van der Waals surface area contributed by atoms with E-state index in [1.165, 1.54) is 12.5 Å². The van der Waals surface area contributed by atoms with Crippen molar-refractivity contribution in [3.8, 4) is 0 Å². The van der Waals surface area contributed by atoms with Gasteiger partial charge in [-0.05, 0) is 30.2 Å². The number of hydrogen-bond acceptors (Lipinski definition) is 2. The molecule has 0 heterocycles. The number of benzene rings is 2. The van der Waals surface area contributed by atoms with Crippen molar-refractivity contribution in [3.63, 3.8) is 0 Å². The molecule has 0 spiro atoms. The van der Waals surface area contributed by atoms with Crippen molar-refractivity contribution in [2.45, 2.75) is 26.8 Å². The van der Waals surface area contributed by atoms with Crippen molar-refractivity contribution in [3.05, 3.63) is 65.2 Å². The predicted molar refractivity (Wildman–Crippen MR) is 92.1 cm³/mol. The van der Waals surface area contributed by atoms with Crippen LogP contribution in [0.15, 0.2) is 48.5 Å². The fourth-order valence-corrected chi connectivity index (χ4v) is 2.27. The Morgan fingerprint density at radius 2 is 1.52 bits per heavy atom. The summed E-state index contributed by atoms with van der Waals surface area (Å²) in [7, 11) is 1.81. The minimum absolute atomic E-state index is 0.0675. The zero-order valence-corrected chi connectivity index (χ0v) is 13.8. The monoisotopic (exact) mass is 310 g/mol. The number of rotatable bonds is 5. The number of nitrogens with one attached hydrogen (secondary N) is 1. The molecule has 23 heavy (non-hydrogen) atoms. The Labute approximate surface area is 137 Å². The first-order valence-corrected chi connectivity index (χ1v) is 7.60. The average molecular weight is 310 g/mol. The molecule has 0 fully saturated rings. The van der Waals surface area contributed by atoms with Crippen LogP contribution in [0.4, 0.5) is 5.69 Å². The van der Waals surface area contributed by atoms with Crippen molar-refractivity contribution in [1.82, 2.24) is 4.90 Å². The van der Waals surface area contributed by atoms with E-state index in [0.717, 1.165) is 16.8 Å². The molecule has 0 aliphatic heterocycles. The Hall–Kier alpha value is -2.62. The first-order valence-electron chi connectivity index (χ1n) is 7.60. The van der Waals surface area contributed by atoms with Gasteiger partial charge in [0.25, 0.3) is 0 Å². The maximum atomic E-state index is 12.3. The summed E-state index contributed by atoms with van der Waals surface area (Å²) in [5, 5.41) is 2.71. The molecule has 0 aliphatic rings. The van der Waals surface area contributed by atoms with Crippen LogP contribution in [0.3, 0.4) is 0 Å². The van der Waals surface area contributed by atoms with Crippen molar-refractivity contribution in [2.24, 2.45) is 0 Å². The second-order valence-corrected chi connectivity index (χ2v) is 5.79. The van der Waals surface area contributed by atoms with Gasteiger partial charge in [0.05, 0.1) is 6.42 Å². The first kappa shape index (κ1) is 16.7. The molecule has 0 unspecified atom stereocenters. The highest BCUT2D eigenvalue weighted by Gasteiger charge is 2.10. The molecule has 2 rings (SSSR count). The maximum Gasteiger partial charge on any atom is 0.227 e. The van der Waals surface area contributed by atoms with E-state index in [9.17, 15) is 9.59 Å². The normalized spacial score (nSPS) is 10.2. The molecule has 120 valence electrons. The van der Waals surface area contributed by atoms with Gasteiger partial charge in [-0.1, -0.05) is 42.0 Å². The second-order valence-electron chi connectivity index (χ2n) is 5.79. The lowest BCUT2D eigenvalue weighted by Gasteiger charge is -2.17. The zero-order valence-electron chi connectivity index (χ0n) is 13.8. The Morgan fingerprint density at radius 1 is 0.957 bits per heavy atom. The molecule has 0 atom stereocenters. The van der Waals surface area contributed by atoms with Gasteiger partial charge in [-0.2, -0.15) is 0 Å². The number of likely N-dealkylation sites (N-methyl/N-ethyl adjacent to an activating group) is 1. The molecule has 0 aliphatic carbocycles. The van der Waals surface area contributed by atoms with Crippen LogP contribution in [-0.2, 0) is 22.6 Å². The topological polar surface area (TPSA) is 49.4 Å². The third kappa shape index (κ3) is 5.25. The highest BCUT2D eigenvalue weighted by Crippen LogP contribution is 2.12. The van der Waals surface area contributed by atoms with Gasteiger partial charge in [-0.25, -0.2) is 0 Å². The summed E-state index contributed by atoms with van der Waals surface area (Å²) >= 11 is 0. The molecular formula is C19H22N2O2. The number of hydrogen-bond donors (Lipinski definition) is 1. The van der Waals surface area contributed by atoms with Crippen LogP contribution in [-0.4, -0.2) is 23.8 Å². The number of anilines is 1. The summed E-state index contributed by atoms with van der Waals surface area (Å²) in [4.78, 5) is 25.0. The summed E-state index contributed by atoms with van der Waals surface area (Å²) in [6, 6.07) is 15.5. The molecular weight excluding hydrogens is 288 g/mol. The van der Waals surface area contributed by atoms with E-state index in [4.69, 9.17) is 0 Å².